The van der Waals surface area contributed by atoms with E-state index in [1.807, 2.05) is 13.8 Å². The van der Waals surface area contributed by atoms with E-state index in [9.17, 15) is 13.6 Å². The Labute approximate surface area is 121 Å². The molecule has 21 heavy (non-hydrogen) atoms. The van der Waals surface area contributed by atoms with Gasteiger partial charge in [-0.15, -0.1) is 0 Å². The molecule has 0 bridgehead atoms. The van der Waals surface area contributed by atoms with Crippen LogP contribution in [-0.4, -0.2) is 15.8 Å². The van der Waals surface area contributed by atoms with Gasteiger partial charge in [0.05, 0.1) is 5.69 Å². The maximum atomic E-state index is 13.3. The summed E-state index contributed by atoms with van der Waals surface area (Å²) >= 11 is 0. The lowest BCUT2D eigenvalue weighted by Crippen LogP contribution is -2.28. The van der Waals surface area contributed by atoms with E-state index in [4.69, 9.17) is 0 Å². The highest BCUT2D eigenvalue weighted by Gasteiger charge is 2.10. The zero-order valence-corrected chi connectivity index (χ0v) is 12.2. The van der Waals surface area contributed by atoms with Crippen LogP contribution in [0.4, 0.5) is 8.78 Å². The summed E-state index contributed by atoms with van der Waals surface area (Å²) < 4.78 is 27.8. The van der Waals surface area contributed by atoms with Gasteiger partial charge in [-0.05, 0) is 19.1 Å². The first-order valence-corrected chi connectivity index (χ1v) is 6.67. The third-order valence-electron chi connectivity index (χ3n) is 3.00. The molecule has 0 fully saturated rings. The summed E-state index contributed by atoms with van der Waals surface area (Å²) in [6.07, 6.45) is 0. The number of hydrogen-bond acceptors (Lipinski definition) is 3. The number of aromatic nitrogens is 2. The van der Waals surface area contributed by atoms with Crippen LogP contribution < -0.4 is 10.7 Å². The Hall–Kier alpha value is -2.08. The summed E-state index contributed by atoms with van der Waals surface area (Å²) in [5.74, 6) is -1.87. The number of hydrogen-bond donors (Lipinski definition) is 1. The largest absolute Gasteiger partial charge is 0.309 e. The summed E-state index contributed by atoms with van der Waals surface area (Å²) in [6.45, 7) is 5.93. The van der Waals surface area contributed by atoms with Crippen LogP contribution in [0.25, 0.3) is 5.69 Å². The minimum Gasteiger partial charge on any atom is -0.309 e. The van der Waals surface area contributed by atoms with Crippen molar-refractivity contribution in [3.05, 3.63) is 57.5 Å². The number of nitrogens with one attached hydrogen (secondary N) is 1. The first-order chi connectivity index (χ1) is 9.88. The van der Waals surface area contributed by atoms with Crippen LogP contribution in [0.1, 0.15) is 25.2 Å². The molecule has 1 aromatic heterocycles. The third kappa shape index (κ3) is 3.52. The molecule has 1 heterocycles. The number of halogens is 2. The highest BCUT2D eigenvalue weighted by Crippen LogP contribution is 2.13. The standard InChI is InChI=1S/C15H17F2N3O/c1-9(2)18-8-14-15(21)6-10(3)20(19-14)11-4-5-12(16)13(17)7-11/h4-7,9,18H,8H2,1-3H3. The van der Waals surface area contributed by atoms with Gasteiger partial charge in [0.2, 0.25) is 5.43 Å². The second kappa shape index (κ2) is 6.13. The number of benzene rings is 1. The van der Waals surface area contributed by atoms with E-state index in [0.29, 0.717) is 23.6 Å². The highest BCUT2D eigenvalue weighted by molar-refractivity contribution is 5.33. The minimum absolute atomic E-state index is 0.181. The Morgan fingerprint density at radius 3 is 2.57 bits per heavy atom. The van der Waals surface area contributed by atoms with Crippen molar-refractivity contribution in [2.75, 3.05) is 0 Å². The van der Waals surface area contributed by atoms with Crippen LogP contribution in [0.15, 0.2) is 29.1 Å². The van der Waals surface area contributed by atoms with Crippen molar-refractivity contribution >= 4 is 0 Å². The fourth-order valence-corrected chi connectivity index (χ4v) is 1.88. The molecule has 0 saturated heterocycles. The van der Waals surface area contributed by atoms with Gasteiger partial charge in [0.1, 0.15) is 5.69 Å². The summed E-state index contributed by atoms with van der Waals surface area (Å²) in [5, 5.41) is 7.35. The molecule has 6 heteroatoms. The second-order valence-corrected chi connectivity index (χ2v) is 5.14. The van der Waals surface area contributed by atoms with E-state index in [0.717, 1.165) is 12.1 Å². The van der Waals surface area contributed by atoms with Crippen molar-refractivity contribution in [3.8, 4) is 5.69 Å². The number of nitrogens with zero attached hydrogens (tertiary/aromatic N) is 2. The van der Waals surface area contributed by atoms with Crippen LogP contribution in [-0.2, 0) is 6.54 Å². The third-order valence-corrected chi connectivity index (χ3v) is 3.00. The first kappa shape index (κ1) is 15.3. The van der Waals surface area contributed by atoms with Crippen molar-refractivity contribution in [2.24, 2.45) is 0 Å². The van der Waals surface area contributed by atoms with Crippen LogP contribution in [0, 0.1) is 18.6 Å². The second-order valence-electron chi connectivity index (χ2n) is 5.14. The molecule has 0 radical (unpaired) electrons. The molecule has 0 atom stereocenters. The van der Waals surface area contributed by atoms with Gasteiger partial charge >= 0.3 is 0 Å². The topological polar surface area (TPSA) is 46.9 Å². The van der Waals surface area contributed by atoms with Gasteiger partial charge in [-0.3, -0.25) is 4.79 Å². The van der Waals surface area contributed by atoms with Crippen LogP contribution >= 0.6 is 0 Å². The van der Waals surface area contributed by atoms with Crippen molar-refractivity contribution in [1.29, 1.82) is 0 Å². The lowest BCUT2D eigenvalue weighted by atomic mass is 10.2. The SMILES string of the molecule is Cc1cc(=O)c(CNC(C)C)nn1-c1ccc(F)c(F)c1. The minimum atomic E-state index is -0.950. The molecule has 0 aliphatic rings. The first-order valence-electron chi connectivity index (χ1n) is 6.67. The Kier molecular flexibility index (Phi) is 4.47. The maximum Gasteiger partial charge on any atom is 0.204 e. The van der Waals surface area contributed by atoms with Gasteiger partial charge in [-0.1, -0.05) is 13.8 Å². The zero-order chi connectivity index (χ0) is 15.6. The van der Waals surface area contributed by atoms with Gasteiger partial charge in [-0.25, -0.2) is 13.5 Å². The lowest BCUT2D eigenvalue weighted by molar-refractivity contribution is 0.507. The van der Waals surface area contributed by atoms with Crippen molar-refractivity contribution in [1.82, 2.24) is 15.1 Å². The highest BCUT2D eigenvalue weighted by atomic mass is 19.2. The normalized spacial score (nSPS) is 11.1. The molecule has 0 saturated carbocycles. The Morgan fingerprint density at radius 1 is 1.24 bits per heavy atom. The molecule has 1 aromatic carbocycles. The Bertz CT molecular complexity index is 711. The van der Waals surface area contributed by atoms with Crippen molar-refractivity contribution in [2.45, 2.75) is 33.4 Å². The van der Waals surface area contributed by atoms with Gasteiger partial charge in [0.15, 0.2) is 11.6 Å². The van der Waals surface area contributed by atoms with Crippen LogP contribution in [0.3, 0.4) is 0 Å². The molecule has 2 aromatic rings. The molecule has 0 spiro atoms. The fourth-order valence-electron chi connectivity index (χ4n) is 1.88. The monoisotopic (exact) mass is 293 g/mol. The molecule has 112 valence electrons. The van der Waals surface area contributed by atoms with E-state index < -0.39 is 11.6 Å². The molecule has 2 rings (SSSR count). The van der Waals surface area contributed by atoms with Gasteiger partial charge < -0.3 is 5.32 Å². The fraction of sp³-hybridized carbons (Fsp3) is 0.333. The van der Waals surface area contributed by atoms with Crippen molar-refractivity contribution in [3.63, 3.8) is 0 Å². The van der Waals surface area contributed by atoms with E-state index in [1.165, 1.54) is 16.8 Å². The smallest absolute Gasteiger partial charge is 0.204 e. The van der Waals surface area contributed by atoms with E-state index in [1.54, 1.807) is 6.92 Å². The molecular weight excluding hydrogens is 276 g/mol. The molecule has 0 unspecified atom stereocenters. The molecule has 4 nitrogen and oxygen atoms in total. The predicted molar refractivity (Wildman–Crippen MR) is 76.5 cm³/mol. The van der Waals surface area contributed by atoms with E-state index >= 15 is 0 Å². The van der Waals surface area contributed by atoms with E-state index in [2.05, 4.69) is 10.4 Å². The van der Waals surface area contributed by atoms with Crippen molar-refractivity contribution < 1.29 is 8.78 Å². The van der Waals surface area contributed by atoms with Crippen LogP contribution in [0.5, 0.6) is 0 Å². The van der Waals surface area contributed by atoms with Gasteiger partial charge in [0.25, 0.3) is 0 Å². The Balaban J connectivity index is 2.45. The molecule has 1 N–H and O–H groups in total. The van der Waals surface area contributed by atoms with Crippen LogP contribution in [0.2, 0.25) is 0 Å². The number of aryl methyl sites for hydroxylation is 1. The van der Waals surface area contributed by atoms with E-state index in [-0.39, 0.29) is 11.5 Å². The zero-order valence-electron chi connectivity index (χ0n) is 12.2. The Morgan fingerprint density at radius 2 is 1.95 bits per heavy atom. The maximum absolute atomic E-state index is 13.3. The molecule has 0 aliphatic heterocycles. The summed E-state index contributed by atoms with van der Waals surface area (Å²) in [4.78, 5) is 11.9. The van der Waals surface area contributed by atoms with Gasteiger partial charge in [0, 0.05) is 30.4 Å². The summed E-state index contributed by atoms with van der Waals surface area (Å²) in [7, 11) is 0. The molecule has 0 amide bonds. The number of rotatable bonds is 4. The molecule has 0 aliphatic carbocycles. The summed E-state index contributed by atoms with van der Waals surface area (Å²) in [6, 6.07) is 5.16. The molecular formula is C15H17F2N3O. The van der Waals surface area contributed by atoms with Gasteiger partial charge in [-0.2, -0.15) is 5.10 Å². The average molecular weight is 293 g/mol. The quantitative estimate of drug-likeness (QED) is 0.941. The summed E-state index contributed by atoms with van der Waals surface area (Å²) in [5.41, 5.74) is 1.08. The lowest BCUT2D eigenvalue weighted by Gasteiger charge is -2.13. The average Bonchev–Trinajstić information content (AvgIpc) is 2.41. The predicted octanol–water partition coefficient (Wildman–Crippen LogP) is 2.32.